The first kappa shape index (κ1) is 16.1. The molecule has 0 aliphatic heterocycles. The first-order valence-corrected chi connectivity index (χ1v) is 8.28. The van der Waals surface area contributed by atoms with Crippen molar-refractivity contribution in [2.45, 2.75) is 65.3 Å². The Morgan fingerprint density at radius 1 is 1.33 bits per heavy atom. The molecular weight excluding hydrogens is 258 g/mol. The molecule has 1 fully saturated rings. The minimum absolute atomic E-state index is 0.0279. The summed E-state index contributed by atoms with van der Waals surface area (Å²) in [5.41, 5.74) is 1.51. The van der Waals surface area contributed by atoms with Gasteiger partial charge in [-0.1, -0.05) is 64.4 Å². The highest BCUT2D eigenvalue weighted by atomic mass is 16.2. The van der Waals surface area contributed by atoms with Gasteiger partial charge in [0.2, 0.25) is 5.91 Å². The van der Waals surface area contributed by atoms with Crippen LogP contribution in [0, 0.1) is 11.3 Å². The summed E-state index contributed by atoms with van der Waals surface area (Å²) in [6.45, 7) is 8.92. The summed E-state index contributed by atoms with van der Waals surface area (Å²) in [6, 6.07) is 10.6. The minimum Gasteiger partial charge on any atom is -0.353 e. The van der Waals surface area contributed by atoms with E-state index >= 15 is 0 Å². The van der Waals surface area contributed by atoms with E-state index < -0.39 is 0 Å². The molecule has 0 aromatic heterocycles. The Bertz CT molecular complexity index is 466. The maximum Gasteiger partial charge on any atom is 0.228 e. The fourth-order valence-corrected chi connectivity index (χ4v) is 3.48. The van der Waals surface area contributed by atoms with Crippen molar-refractivity contribution in [1.29, 1.82) is 0 Å². The van der Waals surface area contributed by atoms with Crippen molar-refractivity contribution in [2.24, 2.45) is 11.3 Å². The van der Waals surface area contributed by atoms with Gasteiger partial charge in [-0.25, -0.2) is 0 Å². The van der Waals surface area contributed by atoms with Crippen LogP contribution in [0.5, 0.6) is 0 Å². The van der Waals surface area contributed by atoms with Crippen LogP contribution in [-0.2, 0) is 4.79 Å². The SMILES string of the molecule is CCC(C)C(C(=O)NC1CCC(C)(C)C1)c1ccccc1. The Hall–Kier alpha value is -1.31. The fourth-order valence-electron chi connectivity index (χ4n) is 3.48. The summed E-state index contributed by atoms with van der Waals surface area (Å²) >= 11 is 0. The van der Waals surface area contributed by atoms with Crippen LogP contribution in [0.1, 0.15) is 64.9 Å². The third-order valence-corrected chi connectivity index (χ3v) is 4.97. The van der Waals surface area contributed by atoms with E-state index in [0.29, 0.717) is 17.4 Å². The molecule has 2 rings (SSSR count). The van der Waals surface area contributed by atoms with E-state index in [1.807, 2.05) is 18.2 Å². The molecular formula is C19H29NO. The Morgan fingerprint density at radius 3 is 2.52 bits per heavy atom. The van der Waals surface area contributed by atoms with Crippen molar-refractivity contribution in [3.05, 3.63) is 35.9 Å². The molecule has 3 unspecified atom stereocenters. The number of carbonyl (C=O) groups is 1. The second-order valence-electron chi connectivity index (χ2n) is 7.39. The minimum atomic E-state index is -0.0279. The molecule has 1 aromatic carbocycles. The van der Waals surface area contributed by atoms with Crippen molar-refractivity contribution in [1.82, 2.24) is 5.32 Å². The van der Waals surface area contributed by atoms with E-state index in [0.717, 1.165) is 24.8 Å². The molecule has 0 radical (unpaired) electrons. The van der Waals surface area contributed by atoms with Gasteiger partial charge in [0, 0.05) is 6.04 Å². The van der Waals surface area contributed by atoms with Crippen molar-refractivity contribution in [3.8, 4) is 0 Å². The molecule has 1 amide bonds. The van der Waals surface area contributed by atoms with Gasteiger partial charge in [-0.3, -0.25) is 4.79 Å². The number of hydrogen-bond donors (Lipinski definition) is 1. The third-order valence-electron chi connectivity index (χ3n) is 4.97. The zero-order chi connectivity index (χ0) is 15.5. The molecule has 116 valence electrons. The molecule has 1 aliphatic rings. The quantitative estimate of drug-likeness (QED) is 0.848. The number of carbonyl (C=O) groups excluding carboxylic acids is 1. The number of nitrogens with one attached hydrogen (secondary N) is 1. The van der Waals surface area contributed by atoms with E-state index in [1.165, 1.54) is 6.42 Å². The second kappa shape index (κ2) is 6.64. The second-order valence-corrected chi connectivity index (χ2v) is 7.39. The average molecular weight is 287 g/mol. The molecule has 0 saturated heterocycles. The molecule has 2 nitrogen and oxygen atoms in total. The van der Waals surface area contributed by atoms with E-state index in [9.17, 15) is 4.79 Å². The van der Waals surface area contributed by atoms with E-state index in [1.54, 1.807) is 0 Å². The van der Waals surface area contributed by atoms with Crippen LogP contribution in [0.25, 0.3) is 0 Å². The lowest BCUT2D eigenvalue weighted by molar-refractivity contribution is -0.124. The molecule has 1 aromatic rings. The van der Waals surface area contributed by atoms with E-state index in [2.05, 4.69) is 45.1 Å². The van der Waals surface area contributed by atoms with Gasteiger partial charge < -0.3 is 5.32 Å². The van der Waals surface area contributed by atoms with Gasteiger partial charge in [0.05, 0.1) is 5.92 Å². The van der Waals surface area contributed by atoms with Crippen LogP contribution in [-0.4, -0.2) is 11.9 Å². The zero-order valence-corrected chi connectivity index (χ0v) is 13.9. The maximum absolute atomic E-state index is 12.8. The third kappa shape index (κ3) is 4.09. The maximum atomic E-state index is 12.8. The Labute approximate surface area is 129 Å². The van der Waals surface area contributed by atoms with Crippen LogP contribution >= 0.6 is 0 Å². The van der Waals surface area contributed by atoms with Crippen molar-refractivity contribution < 1.29 is 4.79 Å². The van der Waals surface area contributed by atoms with E-state index in [-0.39, 0.29) is 11.8 Å². The molecule has 0 heterocycles. The van der Waals surface area contributed by atoms with Crippen molar-refractivity contribution in [3.63, 3.8) is 0 Å². The van der Waals surface area contributed by atoms with Crippen LogP contribution in [0.15, 0.2) is 30.3 Å². The van der Waals surface area contributed by atoms with Gasteiger partial charge in [0.15, 0.2) is 0 Å². The summed E-state index contributed by atoms with van der Waals surface area (Å²) in [5.74, 6) is 0.542. The van der Waals surface area contributed by atoms with Crippen LogP contribution in [0.3, 0.4) is 0 Å². The predicted molar refractivity (Wildman–Crippen MR) is 88.2 cm³/mol. The Morgan fingerprint density at radius 2 is 2.00 bits per heavy atom. The lowest BCUT2D eigenvalue weighted by Gasteiger charge is -2.25. The van der Waals surface area contributed by atoms with Crippen molar-refractivity contribution in [2.75, 3.05) is 0 Å². The van der Waals surface area contributed by atoms with Gasteiger partial charge in [-0.05, 0) is 36.2 Å². The van der Waals surface area contributed by atoms with Crippen LogP contribution in [0.4, 0.5) is 0 Å². The summed E-state index contributed by atoms with van der Waals surface area (Å²) in [5, 5.41) is 3.31. The molecule has 1 aliphatic carbocycles. The summed E-state index contributed by atoms with van der Waals surface area (Å²) in [7, 11) is 0. The van der Waals surface area contributed by atoms with Gasteiger partial charge in [0.25, 0.3) is 0 Å². The predicted octanol–water partition coefficient (Wildman–Crippen LogP) is 4.51. The van der Waals surface area contributed by atoms with E-state index in [4.69, 9.17) is 0 Å². The Balaban J connectivity index is 2.09. The van der Waals surface area contributed by atoms with Gasteiger partial charge in [-0.15, -0.1) is 0 Å². The molecule has 2 heteroatoms. The zero-order valence-electron chi connectivity index (χ0n) is 13.9. The summed E-state index contributed by atoms with van der Waals surface area (Å²) in [6.07, 6.45) is 4.43. The lowest BCUT2D eigenvalue weighted by Crippen LogP contribution is -2.39. The molecule has 0 bridgehead atoms. The molecule has 21 heavy (non-hydrogen) atoms. The fraction of sp³-hybridized carbons (Fsp3) is 0.632. The van der Waals surface area contributed by atoms with Crippen LogP contribution < -0.4 is 5.32 Å². The lowest BCUT2D eigenvalue weighted by atomic mass is 9.84. The highest BCUT2D eigenvalue weighted by Crippen LogP contribution is 2.37. The van der Waals surface area contributed by atoms with Gasteiger partial charge >= 0.3 is 0 Å². The first-order valence-electron chi connectivity index (χ1n) is 8.28. The monoisotopic (exact) mass is 287 g/mol. The van der Waals surface area contributed by atoms with Crippen LogP contribution in [0.2, 0.25) is 0 Å². The summed E-state index contributed by atoms with van der Waals surface area (Å²) < 4.78 is 0. The number of hydrogen-bond acceptors (Lipinski definition) is 1. The smallest absolute Gasteiger partial charge is 0.228 e. The number of benzene rings is 1. The first-order chi connectivity index (χ1) is 9.93. The topological polar surface area (TPSA) is 29.1 Å². The van der Waals surface area contributed by atoms with Crippen molar-refractivity contribution >= 4 is 5.91 Å². The average Bonchev–Trinajstić information content (AvgIpc) is 2.79. The normalized spacial score (nSPS) is 23.5. The number of rotatable bonds is 5. The standard InChI is InChI=1S/C19H29NO/c1-5-14(2)17(15-9-7-6-8-10-15)18(21)20-16-11-12-19(3,4)13-16/h6-10,14,16-17H,5,11-13H2,1-4H3,(H,20,21). The largest absolute Gasteiger partial charge is 0.353 e. The highest BCUT2D eigenvalue weighted by Gasteiger charge is 2.34. The molecule has 1 N–H and O–H groups in total. The van der Waals surface area contributed by atoms with Gasteiger partial charge in [-0.2, -0.15) is 0 Å². The summed E-state index contributed by atoms with van der Waals surface area (Å²) in [4.78, 5) is 12.8. The molecule has 1 saturated carbocycles. The van der Waals surface area contributed by atoms with Gasteiger partial charge in [0.1, 0.15) is 0 Å². The molecule has 3 atom stereocenters. The number of amides is 1. The molecule has 0 spiro atoms. The Kier molecular flexibility index (Phi) is 5.08. The highest BCUT2D eigenvalue weighted by molar-refractivity contribution is 5.84.